The normalized spacial score (nSPS) is 15.7. The molecule has 0 spiro atoms. The van der Waals surface area contributed by atoms with Crippen molar-refractivity contribution >= 4 is 11.8 Å². The molecule has 0 aromatic carbocycles. The van der Waals surface area contributed by atoms with Gasteiger partial charge in [0, 0.05) is 19.5 Å². The highest BCUT2D eigenvalue weighted by atomic mass is 16.2. The summed E-state index contributed by atoms with van der Waals surface area (Å²) in [5.41, 5.74) is 5.04. The molecule has 0 unspecified atom stereocenters. The molecule has 4 heteroatoms. The lowest BCUT2D eigenvalue weighted by Crippen LogP contribution is -2.45. The average Bonchev–Trinajstić information content (AvgIpc) is 1.96. The van der Waals surface area contributed by atoms with Crippen LogP contribution >= 0.6 is 0 Å². The zero-order chi connectivity index (χ0) is 9.84. The van der Waals surface area contributed by atoms with Gasteiger partial charge in [-0.1, -0.05) is 6.92 Å². The third-order valence-electron chi connectivity index (χ3n) is 2.26. The van der Waals surface area contributed by atoms with Crippen LogP contribution in [0.4, 0.5) is 0 Å². The third-order valence-corrected chi connectivity index (χ3v) is 2.26. The van der Waals surface area contributed by atoms with E-state index in [4.69, 9.17) is 5.73 Å². The van der Waals surface area contributed by atoms with E-state index >= 15 is 0 Å². The molecule has 1 radical (unpaired) electrons. The number of primary amides is 1. The molecule has 4 nitrogen and oxygen atoms in total. The van der Waals surface area contributed by atoms with E-state index in [9.17, 15) is 9.59 Å². The predicted octanol–water partition coefficient (Wildman–Crippen LogP) is 0.0786. The molecule has 0 aromatic rings. The molecule has 0 bridgehead atoms. The van der Waals surface area contributed by atoms with Crippen LogP contribution in [-0.4, -0.2) is 29.8 Å². The zero-order valence-corrected chi connectivity index (χ0v) is 7.88. The predicted molar refractivity (Wildman–Crippen MR) is 48.5 cm³/mol. The van der Waals surface area contributed by atoms with Crippen LogP contribution in [0.5, 0.6) is 0 Å². The van der Waals surface area contributed by atoms with Gasteiger partial charge in [0.25, 0.3) is 0 Å². The fraction of sp³-hybridized carbons (Fsp3) is 0.667. The lowest BCUT2D eigenvalue weighted by molar-refractivity contribution is -0.134. The largest absolute Gasteiger partial charge is 0.370 e. The van der Waals surface area contributed by atoms with E-state index in [-0.39, 0.29) is 12.3 Å². The van der Waals surface area contributed by atoms with Crippen molar-refractivity contribution in [2.75, 3.05) is 13.1 Å². The van der Waals surface area contributed by atoms with Crippen molar-refractivity contribution in [2.45, 2.75) is 26.2 Å². The number of nitrogens with two attached hydrogens (primary N) is 1. The summed E-state index contributed by atoms with van der Waals surface area (Å²) in [5.74, 6) is 0.213. The van der Waals surface area contributed by atoms with E-state index in [1.165, 1.54) is 0 Å². The van der Waals surface area contributed by atoms with E-state index in [1.54, 1.807) is 4.90 Å². The Hall–Kier alpha value is -1.06. The van der Waals surface area contributed by atoms with Crippen molar-refractivity contribution in [1.82, 2.24) is 4.90 Å². The molecule has 1 aliphatic heterocycles. The Balaban J connectivity index is 2.44. The molecule has 1 heterocycles. The summed E-state index contributed by atoms with van der Waals surface area (Å²) in [7, 11) is 0. The van der Waals surface area contributed by atoms with Crippen LogP contribution in [0.15, 0.2) is 0 Å². The Morgan fingerprint density at radius 1 is 1.38 bits per heavy atom. The summed E-state index contributed by atoms with van der Waals surface area (Å²) in [6, 6.07) is 0. The van der Waals surface area contributed by atoms with Gasteiger partial charge in [0.1, 0.15) is 0 Å². The number of carbonyl (C=O) groups excluding carboxylic acids is 2. The van der Waals surface area contributed by atoms with Crippen molar-refractivity contribution in [3.8, 4) is 0 Å². The highest BCUT2D eigenvalue weighted by molar-refractivity contribution is 5.95. The number of nitrogens with zero attached hydrogens (tertiary/aromatic N) is 1. The van der Waals surface area contributed by atoms with Crippen molar-refractivity contribution in [1.29, 1.82) is 0 Å². The highest BCUT2D eigenvalue weighted by Crippen LogP contribution is 2.18. The van der Waals surface area contributed by atoms with Crippen molar-refractivity contribution < 1.29 is 9.59 Å². The molecular weight excluding hydrogens is 168 g/mol. The Bertz CT molecular complexity index is 212. The summed E-state index contributed by atoms with van der Waals surface area (Å²) >= 11 is 0. The zero-order valence-electron chi connectivity index (χ0n) is 7.88. The number of amides is 2. The van der Waals surface area contributed by atoms with Crippen LogP contribution in [0.2, 0.25) is 0 Å². The Morgan fingerprint density at radius 2 is 2.00 bits per heavy atom. The van der Waals surface area contributed by atoms with E-state index in [0.29, 0.717) is 12.3 Å². The molecular formula is C9H15N2O2. The van der Waals surface area contributed by atoms with Crippen LogP contribution in [0.25, 0.3) is 0 Å². The standard InChI is InChI=1S/C9H15N2O2/c1-2-7(6-8(10)12)9(13)11-4-3-5-11/h2-6H2,1H3,(H2,10,12). The number of hydrogen-bond acceptors (Lipinski definition) is 2. The fourth-order valence-electron chi connectivity index (χ4n) is 1.31. The molecule has 73 valence electrons. The van der Waals surface area contributed by atoms with Gasteiger partial charge in [-0.3, -0.25) is 9.59 Å². The smallest absolute Gasteiger partial charge is 0.230 e. The van der Waals surface area contributed by atoms with Crippen molar-refractivity contribution in [3.63, 3.8) is 0 Å². The SMILES string of the molecule is CC[C](CC(N)=O)C(=O)N1CCC1. The minimum absolute atomic E-state index is 0.00699. The molecule has 2 amide bonds. The van der Waals surface area contributed by atoms with Crippen LogP contribution < -0.4 is 5.73 Å². The molecule has 2 N–H and O–H groups in total. The number of likely N-dealkylation sites (tertiary alicyclic amines) is 1. The molecule has 1 saturated heterocycles. The second kappa shape index (κ2) is 4.25. The maximum absolute atomic E-state index is 11.6. The van der Waals surface area contributed by atoms with Gasteiger partial charge in [0.05, 0.1) is 5.92 Å². The van der Waals surface area contributed by atoms with Gasteiger partial charge in [-0.25, -0.2) is 0 Å². The highest BCUT2D eigenvalue weighted by Gasteiger charge is 2.28. The second-order valence-corrected chi connectivity index (χ2v) is 3.25. The minimum Gasteiger partial charge on any atom is -0.370 e. The molecule has 1 aliphatic rings. The summed E-state index contributed by atoms with van der Waals surface area (Å²) in [6.45, 7) is 3.51. The Kier molecular flexibility index (Phi) is 3.28. The molecule has 0 saturated carbocycles. The van der Waals surface area contributed by atoms with Crippen LogP contribution in [0, 0.1) is 5.92 Å². The van der Waals surface area contributed by atoms with Crippen LogP contribution in [-0.2, 0) is 9.59 Å². The molecule has 0 aliphatic carbocycles. The Morgan fingerprint density at radius 3 is 2.31 bits per heavy atom. The van der Waals surface area contributed by atoms with E-state index < -0.39 is 5.91 Å². The van der Waals surface area contributed by atoms with Gasteiger partial charge in [0.15, 0.2) is 0 Å². The van der Waals surface area contributed by atoms with Gasteiger partial charge in [-0.2, -0.15) is 0 Å². The van der Waals surface area contributed by atoms with Crippen LogP contribution in [0.1, 0.15) is 26.2 Å². The lowest BCUT2D eigenvalue weighted by atomic mass is 9.98. The van der Waals surface area contributed by atoms with Gasteiger partial charge in [-0.05, 0) is 12.8 Å². The quantitative estimate of drug-likeness (QED) is 0.670. The lowest BCUT2D eigenvalue weighted by Gasteiger charge is -2.33. The van der Waals surface area contributed by atoms with E-state index in [1.807, 2.05) is 6.92 Å². The van der Waals surface area contributed by atoms with Gasteiger partial charge >= 0.3 is 0 Å². The maximum Gasteiger partial charge on any atom is 0.230 e. The molecule has 0 aromatic heterocycles. The van der Waals surface area contributed by atoms with E-state index in [2.05, 4.69) is 0 Å². The fourth-order valence-corrected chi connectivity index (χ4v) is 1.31. The topological polar surface area (TPSA) is 63.4 Å². The van der Waals surface area contributed by atoms with Crippen LogP contribution in [0.3, 0.4) is 0 Å². The number of carbonyl (C=O) groups is 2. The van der Waals surface area contributed by atoms with Gasteiger partial charge < -0.3 is 10.6 Å². The number of hydrogen-bond donors (Lipinski definition) is 1. The summed E-state index contributed by atoms with van der Waals surface area (Å²) in [5, 5.41) is 0. The van der Waals surface area contributed by atoms with Gasteiger partial charge in [0.2, 0.25) is 11.8 Å². The third kappa shape index (κ3) is 2.44. The second-order valence-electron chi connectivity index (χ2n) is 3.25. The monoisotopic (exact) mass is 183 g/mol. The first kappa shape index (κ1) is 10.0. The molecule has 0 atom stereocenters. The first-order chi connectivity index (χ1) is 6.15. The minimum atomic E-state index is -0.425. The first-order valence-electron chi connectivity index (χ1n) is 4.57. The summed E-state index contributed by atoms with van der Waals surface area (Å²) < 4.78 is 0. The van der Waals surface area contributed by atoms with E-state index in [0.717, 1.165) is 19.5 Å². The maximum atomic E-state index is 11.6. The van der Waals surface area contributed by atoms with Crippen molar-refractivity contribution in [3.05, 3.63) is 5.92 Å². The van der Waals surface area contributed by atoms with Crippen molar-refractivity contribution in [2.24, 2.45) is 5.73 Å². The summed E-state index contributed by atoms with van der Waals surface area (Å²) in [6.07, 6.45) is 1.78. The molecule has 13 heavy (non-hydrogen) atoms. The Labute approximate surface area is 78.1 Å². The molecule has 1 fully saturated rings. The first-order valence-corrected chi connectivity index (χ1v) is 4.57. The average molecular weight is 183 g/mol. The summed E-state index contributed by atoms with van der Waals surface area (Å²) in [4.78, 5) is 24.0. The number of rotatable bonds is 4. The van der Waals surface area contributed by atoms with Gasteiger partial charge in [-0.15, -0.1) is 0 Å². The molecule has 1 rings (SSSR count).